The number of rotatable bonds is 3. The maximum atomic E-state index is 12.0. The number of hydrogen-bond donors (Lipinski definition) is 1. The lowest BCUT2D eigenvalue weighted by molar-refractivity contribution is 0.156. The van der Waals surface area contributed by atoms with Gasteiger partial charge in [0.1, 0.15) is 0 Å². The molecule has 0 spiro atoms. The third-order valence-electron chi connectivity index (χ3n) is 1.75. The quantitative estimate of drug-likeness (QED) is 0.731. The average Bonchev–Trinajstić information content (AvgIpc) is 2.04. The molecule has 13 heavy (non-hydrogen) atoms. The van der Waals surface area contributed by atoms with Crippen molar-refractivity contribution in [2.24, 2.45) is 0 Å². The van der Waals surface area contributed by atoms with Gasteiger partial charge in [-0.25, -0.2) is 8.78 Å². The van der Waals surface area contributed by atoms with E-state index in [1.54, 1.807) is 31.3 Å². The average molecular weight is 186 g/mol. The number of hydrogen-bond acceptors (Lipinski definition) is 2. The summed E-state index contributed by atoms with van der Waals surface area (Å²) in [6.07, 6.45) is -2.32. The molecule has 0 unspecified atom stereocenters. The van der Waals surface area contributed by atoms with Crippen LogP contribution in [-0.4, -0.2) is 20.0 Å². The summed E-state index contributed by atoms with van der Waals surface area (Å²) < 4.78 is 24.0. The second kappa shape index (κ2) is 4.07. The third kappa shape index (κ3) is 2.89. The molecule has 4 heteroatoms. The van der Waals surface area contributed by atoms with Crippen molar-refractivity contribution in [1.82, 2.24) is 0 Å². The molecule has 1 aromatic rings. The lowest BCUT2D eigenvalue weighted by Crippen LogP contribution is -2.23. The molecule has 2 nitrogen and oxygen atoms in total. The van der Waals surface area contributed by atoms with Gasteiger partial charge in [0.15, 0.2) is 0 Å². The predicted molar refractivity (Wildman–Crippen MR) is 50.1 cm³/mol. The zero-order valence-corrected chi connectivity index (χ0v) is 7.37. The number of benzene rings is 1. The van der Waals surface area contributed by atoms with E-state index in [-0.39, 0.29) is 6.54 Å². The smallest absolute Gasteiger partial charge is 0.255 e. The summed E-state index contributed by atoms with van der Waals surface area (Å²) in [5.41, 5.74) is 6.84. The van der Waals surface area contributed by atoms with E-state index >= 15 is 0 Å². The van der Waals surface area contributed by atoms with Crippen LogP contribution in [0.25, 0.3) is 0 Å². The van der Waals surface area contributed by atoms with E-state index in [0.717, 1.165) is 5.69 Å². The summed E-state index contributed by atoms with van der Waals surface area (Å²) in [4.78, 5) is 1.49. The fraction of sp³-hybridized carbons (Fsp3) is 0.333. The van der Waals surface area contributed by atoms with Crippen LogP contribution in [0.2, 0.25) is 0 Å². The van der Waals surface area contributed by atoms with Crippen LogP contribution in [0.5, 0.6) is 0 Å². The number of halogens is 2. The normalized spacial score (nSPS) is 10.5. The molecule has 0 amide bonds. The number of alkyl halides is 2. The van der Waals surface area contributed by atoms with Crippen molar-refractivity contribution in [3.8, 4) is 0 Å². The first-order valence-corrected chi connectivity index (χ1v) is 3.94. The van der Waals surface area contributed by atoms with E-state index < -0.39 is 6.43 Å². The van der Waals surface area contributed by atoms with Crippen molar-refractivity contribution in [2.75, 3.05) is 24.2 Å². The van der Waals surface area contributed by atoms with Gasteiger partial charge >= 0.3 is 0 Å². The minimum atomic E-state index is -2.32. The van der Waals surface area contributed by atoms with Crippen LogP contribution in [-0.2, 0) is 0 Å². The lowest BCUT2D eigenvalue weighted by atomic mass is 10.2. The van der Waals surface area contributed by atoms with Gasteiger partial charge in [-0.2, -0.15) is 0 Å². The highest BCUT2D eigenvalue weighted by atomic mass is 19.3. The second-order valence-corrected chi connectivity index (χ2v) is 2.86. The Bertz CT molecular complexity index is 259. The van der Waals surface area contributed by atoms with Crippen molar-refractivity contribution >= 4 is 11.4 Å². The first-order valence-electron chi connectivity index (χ1n) is 3.94. The minimum Gasteiger partial charge on any atom is -0.399 e. The van der Waals surface area contributed by atoms with Crippen LogP contribution in [0, 0.1) is 0 Å². The Labute approximate surface area is 76.0 Å². The van der Waals surface area contributed by atoms with Gasteiger partial charge in [0.05, 0.1) is 6.54 Å². The molecular formula is C9H12F2N2. The van der Waals surface area contributed by atoms with Gasteiger partial charge in [-0.3, -0.25) is 0 Å². The highest BCUT2D eigenvalue weighted by Gasteiger charge is 2.07. The maximum Gasteiger partial charge on any atom is 0.255 e. The van der Waals surface area contributed by atoms with Crippen LogP contribution in [0.3, 0.4) is 0 Å². The fourth-order valence-electron chi connectivity index (χ4n) is 1.04. The SMILES string of the molecule is CN(CC(F)F)c1ccc(N)cc1. The molecule has 0 fully saturated rings. The Morgan fingerprint density at radius 3 is 2.31 bits per heavy atom. The first-order chi connectivity index (χ1) is 6.09. The molecule has 1 rings (SSSR count). The molecule has 2 N–H and O–H groups in total. The van der Waals surface area contributed by atoms with Crippen molar-refractivity contribution in [1.29, 1.82) is 0 Å². The maximum absolute atomic E-state index is 12.0. The molecule has 0 aliphatic carbocycles. The largest absolute Gasteiger partial charge is 0.399 e. The summed E-state index contributed by atoms with van der Waals surface area (Å²) in [5, 5.41) is 0. The van der Waals surface area contributed by atoms with E-state index in [0.29, 0.717) is 5.69 Å². The van der Waals surface area contributed by atoms with Crippen molar-refractivity contribution in [3.05, 3.63) is 24.3 Å². The van der Waals surface area contributed by atoms with Crippen LogP contribution in [0.15, 0.2) is 24.3 Å². The van der Waals surface area contributed by atoms with E-state index in [2.05, 4.69) is 0 Å². The van der Waals surface area contributed by atoms with Gasteiger partial charge in [0.25, 0.3) is 6.43 Å². The van der Waals surface area contributed by atoms with Gasteiger partial charge in [-0.15, -0.1) is 0 Å². The van der Waals surface area contributed by atoms with Gasteiger partial charge in [0, 0.05) is 18.4 Å². The molecule has 1 aromatic carbocycles. The van der Waals surface area contributed by atoms with Crippen LogP contribution in [0.4, 0.5) is 20.2 Å². The van der Waals surface area contributed by atoms with Gasteiger partial charge in [-0.1, -0.05) is 0 Å². The molecule has 0 saturated heterocycles. The van der Waals surface area contributed by atoms with Crippen molar-refractivity contribution in [2.45, 2.75) is 6.43 Å². The van der Waals surface area contributed by atoms with Crippen molar-refractivity contribution in [3.63, 3.8) is 0 Å². The summed E-state index contributed by atoms with van der Waals surface area (Å²) in [6.45, 7) is -0.260. The molecule has 0 aliphatic rings. The molecule has 0 radical (unpaired) electrons. The number of anilines is 2. The number of nitrogens with two attached hydrogens (primary N) is 1. The Kier molecular flexibility index (Phi) is 3.06. The summed E-state index contributed by atoms with van der Waals surface area (Å²) in [5.74, 6) is 0. The zero-order chi connectivity index (χ0) is 9.84. The standard InChI is InChI=1S/C9H12F2N2/c1-13(6-9(10)11)8-4-2-7(12)3-5-8/h2-5,9H,6,12H2,1H3. The van der Waals surface area contributed by atoms with Gasteiger partial charge in [0.2, 0.25) is 0 Å². The van der Waals surface area contributed by atoms with Crippen LogP contribution >= 0.6 is 0 Å². The Balaban J connectivity index is 2.66. The number of nitrogens with zero attached hydrogens (tertiary/aromatic N) is 1. The monoisotopic (exact) mass is 186 g/mol. The zero-order valence-electron chi connectivity index (χ0n) is 7.37. The second-order valence-electron chi connectivity index (χ2n) is 2.86. The molecule has 72 valence electrons. The van der Waals surface area contributed by atoms with E-state index in [4.69, 9.17) is 5.73 Å². The summed E-state index contributed by atoms with van der Waals surface area (Å²) in [7, 11) is 1.62. The van der Waals surface area contributed by atoms with Gasteiger partial charge in [-0.05, 0) is 24.3 Å². The topological polar surface area (TPSA) is 29.3 Å². The van der Waals surface area contributed by atoms with E-state index in [1.165, 1.54) is 4.90 Å². The molecule has 0 aliphatic heterocycles. The molecule has 0 heterocycles. The van der Waals surface area contributed by atoms with E-state index in [1.807, 2.05) is 0 Å². The summed E-state index contributed by atoms with van der Waals surface area (Å²) in [6, 6.07) is 6.82. The Morgan fingerprint density at radius 2 is 1.85 bits per heavy atom. The molecule has 0 bridgehead atoms. The van der Waals surface area contributed by atoms with E-state index in [9.17, 15) is 8.78 Å². The number of nitrogen functional groups attached to an aromatic ring is 1. The van der Waals surface area contributed by atoms with Crippen LogP contribution in [0.1, 0.15) is 0 Å². The molecule has 0 aromatic heterocycles. The fourth-order valence-corrected chi connectivity index (χ4v) is 1.04. The minimum absolute atomic E-state index is 0.260. The third-order valence-corrected chi connectivity index (χ3v) is 1.75. The van der Waals surface area contributed by atoms with Crippen LogP contribution < -0.4 is 10.6 Å². The highest BCUT2D eigenvalue weighted by Crippen LogP contribution is 2.15. The highest BCUT2D eigenvalue weighted by molar-refractivity contribution is 5.52. The Hall–Kier alpha value is -1.32. The van der Waals surface area contributed by atoms with Crippen molar-refractivity contribution < 1.29 is 8.78 Å². The lowest BCUT2D eigenvalue weighted by Gasteiger charge is -2.18. The molecule has 0 atom stereocenters. The molecular weight excluding hydrogens is 174 g/mol. The summed E-state index contributed by atoms with van der Waals surface area (Å²) >= 11 is 0. The Morgan fingerprint density at radius 1 is 1.31 bits per heavy atom. The molecule has 0 saturated carbocycles. The first kappa shape index (κ1) is 9.77. The van der Waals surface area contributed by atoms with Gasteiger partial charge < -0.3 is 10.6 Å². The predicted octanol–water partition coefficient (Wildman–Crippen LogP) is 1.97.